The Labute approximate surface area is 131 Å². The molecule has 22 heavy (non-hydrogen) atoms. The lowest BCUT2D eigenvalue weighted by molar-refractivity contribution is -0.124. The lowest BCUT2D eigenvalue weighted by atomic mass is 9.95. The number of hydrogen-bond acceptors (Lipinski definition) is 1. The Morgan fingerprint density at radius 3 is 2.36 bits per heavy atom. The smallest absolute Gasteiger partial charge is 0.250 e. The standard InChI is InChI=1S/C20H19NO/c22-20-13-7-12-19(18-10-5-2-6-11-18)14-15-21(20)16-17-8-3-1-4-9-17/h1-11,13-15,19H,12,16H2/b13-7-,15-14-. The molecule has 3 rings (SSSR count). The van der Waals surface area contributed by atoms with Crippen molar-refractivity contribution < 1.29 is 4.79 Å². The second-order valence-corrected chi connectivity index (χ2v) is 5.45. The topological polar surface area (TPSA) is 20.3 Å². The van der Waals surface area contributed by atoms with Gasteiger partial charge in [0, 0.05) is 12.1 Å². The van der Waals surface area contributed by atoms with E-state index in [2.05, 4.69) is 30.3 Å². The quantitative estimate of drug-likeness (QED) is 0.826. The molecule has 1 atom stereocenters. The van der Waals surface area contributed by atoms with Crippen LogP contribution in [0.5, 0.6) is 0 Å². The summed E-state index contributed by atoms with van der Waals surface area (Å²) < 4.78 is 0. The van der Waals surface area contributed by atoms with Gasteiger partial charge in [0.2, 0.25) is 5.91 Å². The molecule has 1 aliphatic rings. The molecule has 2 nitrogen and oxygen atoms in total. The van der Waals surface area contributed by atoms with E-state index in [-0.39, 0.29) is 5.91 Å². The zero-order valence-corrected chi connectivity index (χ0v) is 12.4. The van der Waals surface area contributed by atoms with Gasteiger partial charge in [0.1, 0.15) is 0 Å². The monoisotopic (exact) mass is 289 g/mol. The number of hydrogen-bond donors (Lipinski definition) is 0. The van der Waals surface area contributed by atoms with Gasteiger partial charge >= 0.3 is 0 Å². The summed E-state index contributed by atoms with van der Waals surface area (Å²) in [5.41, 5.74) is 2.41. The summed E-state index contributed by atoms with van der Waals surface area (Å²) in [5.74, 6) is 0.343. The summed E-state index contributed by atoms with van der Waals surface area (Å²) in [7, 11) is 0. The van der Waals surface area contributed by atoms with E-state index in [1.54, 1.807) is 11.0 Å². The van der Waals surface area contributed by atoms with Crippen molar-refractivity contribution >= 4 is 5.91 Å². The van der Waals surface area contributed by atoms with Crippen LogP contribution in [0.1, 0.15) is 23.5 Å². The molecule has 0 aromatic heterocycles. The number of benzene rings is 2. The predicted octanol–water partition coefficient (Wildman–Crippen LogP) is 4.27. The van der Waals surface area contributed by atoms with Crippen LogP contribution in [0.25, 0.3) is 0 Å². The van der Waals surface area contributed by atoms with Crippen LogP contribution in [0.15, 0.2) is 85.1 Å². The molecule has 1 heterocycles. The molecule has 0 saturated carbocycles. The fraction of sp³-hybridized carbons (Fsp3) is 0.150. The summed E-state index contributed by atoms with van der Waals surface area (Å²) in [6.45, 7) is 0.599. The summed E-state index contributed by atoms with van der Waals surface area (Å²) in [5, 5.41) is 0. The third-order valence-corrected chi connectivity index (χ3v) is 3.86. The highest BCUT2D eigenvalue weighted by molar-refractivity contribution is 5.88. The number of carbonyl (C=O) groups excluding carboxylic acids is 1. The minimum atomic E-state index is 0.0339. The largest absolute Gasteiger partial charge is 0.311 e. The first kappa shape index (κ1) is 14.3. The Hall–Kier alpha value is -2.61. The van der Waals surface area contributed by atoms with Gasteiger partial charge in [-0.25, -0.2) is 0 Å². The Bertz CT molecular complexity index is 673. The first-order chi connectivity index (χ1) is 10.8. The molecule has 0 N–H and O–H groups in total. The molecule has 2 heteroatoms. The van der Waals surface area contributed by atoms with Crippen LogP contribution in [0.2, 0.25) is 0 Å². The average Bonchev–Trinajstić information content (AvgIpc) is 2.56. The fourth-order valence-electron chi connectivity index (χ4n) is 2.63. The first-order valence-electron chi connectivity index (χ1n) is 7.57. The third-order valence-electron chi connectivity index (χ3n) is 3.86. The molecule has 0 spiro atoms. The van der Waals surface area contributed by atoms with Gasteiger partial charge in [-0.1, -0.05) is 72.8 Å². The van der Waals surface area contributed by atoms with E-state index in [9.17, 15) is 4.79 Å². The lowest BCUT2D eigenvalue weighted by Crippen LogP contribution is -2.24. The van der Waals surface area contributed by atoms with Crippen molar-refractivity contribution in [3.8, 4) is 0 Å². The number of carbonyl (C=O) groups is 1. The van der Waals surface area contributed by atoms with Crippen LogP contribution in [0.4, 0.5) is 0 Å². The highest BCUT2D eigenvalue weighted by Crippen LogP contribution is 2.23. The van der Waals surface area contributed by atoms with Crippen molar-refractivity contribution in [3.05, 3.63) is 96.2 Å². The van der Waals surface area contributed by atoms with Crippen LogP contribution >= 0.6 is 0 Å². The fourth-order valence-corrected chi connectivity index (χ4v) is 2.63. The van der Waals surface area contributed by atoms with E-state index in [0.717, 1.165) is 12.0 Å². The summed E-state index contributed by atoms with van der Waals surface area (Å²) in [4.78, 5) is 14.0. The maximum Gasteiger partial charge on any atom is 0.250 e. The highest BCUT2D eigenvalue weighted by Gasteiger charge is 2.13. The number of allylic oxidation sites excluding steroid dienone is 2. The van der Waals surface area contributed by atoms with E-state index < -0.39 is 0 Å². The van der Waals surface area contributed by atoms with Crippen LogP contribution < -0.4 is 0 Å². The molecule has 0 aliphatic carbocycles. The maximum atomic E-state index is 12.2. The normalized spacial score (nSPS) is 21.0. The molecule has 0 bridgehead atoms. The molecular weight excluding hydrogens is 270 g/mol. The van der Waals surface area contributed by atoms with Crippen molar-refractivity contribution in [1.29, 1.82) is 0 Å². The van der Waals surface area contributed by atoms with E-state index in [4.69, 9.17) is 0 Å². The van der Waals surface area contributed by atoms with Gasteiger partial charge in [-0.15, -0.1) is 0 Å². The number of nitrogens with zero attached hydrogens (tertiary/aromatic N) is 1. The predicted molar refractivity (Wildman–Crippen MR) is 89.1 cm³/mol. The molecule has 1 amide bonds. The van der Waals surface area contributed by atoms with Crippen LogP contribution in [-0.4, -0.2) is 10.8 Å². The zero-order valence-electron chi connectivity index (χ0n) is 12.4. The Morgan fingerprint density at radius 1 is 0.955 bits per heavy atom. The van der Waals surface area contributed by atoms with Gasteiger partial charge in [0.05, 0.1) is 6.54 Å². The first-order valence-corrected chi connectivity index (χ1v) is 7.57. The molecule has 2 aromatic rings. The van der Waals surface area contributed by atoms with E-state index in [1.165, 1.54) is 5.56 Å². The minimum Gasteiger partial charge on any atom is -0.311 e. The Kier molecular flexibility index (Phi) is 4.50. The summed E-state index contributed by atoms with van der Waals surface area (Å²) >= 11 is 0. The molecule has 2 aromatic carbocycles. The van der Waals surface area contributed by atoms with Gasteiger partial charge in [0.25, 0.3) is 0 Å². The van der Waals surface area contributed by atoms with Crippen molar-refractivity contribution in [1.82, 2.24) is 4.90 Å². The van der Waals surface area contributed by atoms with Gasteiger partial charge in [-0.05, 0) is 23.6 Å². The summed E-state index contributed by atoms with van der Waals surface area (Å²) in [6, 6.07) is 20.5. The minimum absolute atomic E-state index is 0.0339. The SMILES string of the molecule is O=C1/C=C\CC(c2ccccc2)/C=C\N1Cc1ccccc1. The van der Waals surface area contributed by atoms with E-state index in [0.29, 0.717) is 12.5 Å². The van der Waals surface area contributed by atoms with E-state index >= 15 is 0 Å². The molecule has 1 unspecified atom stereocenters. The van der Waals surface area contributed by atoms with Gasteiger partial charge in [0.15, 0.2) is 0 Å². The van der Waals surface area contributed by atoms with Crippen LogP contribution in [0.3, 0.4) is 0 Å². The van der Waals surface area contributed by atoms with Crippen molar-refractivity contribution in [2.24, 2.45) is 0 Å². The molecule has 0 radical (unpaired) electrons. The maximum absolute atomic E-state index is 12.2. The third kappa shape index (κ3) is 3.53. The molecule has 0 saturated heterocycles. The number of rotatable bonds is 3. The highest BCUT2D eigenvalue weighted by atomic mass is 16.2. The van der Waals surface area contributed by atoms with Gasteiger partial charge < -0.3 is 4.90 Å². The average molecular weight is 289 g/mol. The van der Waals surface area contributed by atoms with Crippen LogP contribution in [0, 0.1) is 0 Å². The molecule has 1 aliphatic heterocycles. The lowest BCUT2D eigenvalue weighted by Gasteiger charge is -2.21. The van der Waals surface area contributed by atoms with Crippen molar-refractivity contribution in [2.75, 3.05) is 0 Å². The van der Waals surface area contributed by atoms with Gasteiger partial charge in [-0.3, -0.25) is 4.79 Å². The summed E-state index contributed by atoms with van der Waals surface area (Å²) in [6.07, 6.45) is 8.56. The zero-order chi connectivity index (χ0) is 15.2. The van der Waals surface area contributed by atoms with Crippen molar-refractivity contribution in [3.63, 3.8) is 0 Å². The molecule has 0 fully saturated rings. The Morgan fingerprint density at radius 2 is 1.64 bits per heavy atom. The second-order valence-electron chi connectivity index (χ2n) is 5.45. The molecular formula is C20H19NO. The Balaban J connectivity index is 1.80. The van der Waals surface area contributed by atoms with Crippen LogP contribution in [-0.2, 0) is 11.3 Å². The number of amides is 1. The van der Waals surface area contributed by atoms with E-state index in [1.807, 2.05) is 48.7 Å². The van der Waals surface area contributed by atoms with Crippen molar-refractivity contribution in [2.45, 2.75) is 18.9 Å². The van der Waals surface area contributed by atoms with Gasteiger partial charge in [-0.2, -0.15) is 0 Å². The molecule has 110 valence electrons. The second kappa shape index (κ2) is 6.90.